The third-order valence-corrected chi connectivity index (χ3v) is 6.64. The maximum absolute atomic E-state index is 12.6. The second-order valence-corrected chi connectivity index (χ2v) is 8.21. The molecule has 2 aliphatic heterocycles. The quantitative estimate of drug-likeness (QED) is 0.793. The largest absolute Gasteiger partial charge is 0.497 e. The van der Waals surface area contributed by atoms with Gasteiger partial charge in [-0.05, 0) is 47.7 Å². The van der Waals surface area contributed by atoms with Crippen LogP contribution in [0.2, 0.25) is 0 Å². The molecular weight excluding hydrogens is 358 g/mol. The highest BCUT2D eigenvalue weighted by molar-refractivity contribution is 7.10. The topological polar surface area (TPSA) is 36.0 Å². The van der Waals surface area contributed by atoms with Gasteiger partial charge >= 0.3 is 0 Å². The van der Waals surface area contributed by atoms with Crippen molar-refractivity contribution in [3.8, 4) is 5.75 Å². The molecule has 0 atom stereocenters. The number of anilines is 1. The number of methoxy groups -OCH3 is 1. The minimum Gasteiger partial charge on any atom is -0.497 e. The Morgan fingerprint density at radius 1 is 1.07 bits per heavy atom. The zero-order valence-corrected chi connectivity index (χ0v) is 16.7. The second kappa shape index (κ2) is 8.31. The summed E-state index contributed by atoms with van der Waals surface area (Å²) in [6, 6.07) is 10.4. The molecule has 0 N–H and O–H groups in total. The minimum absolute atomic E-state index is 0.296. The number of fused-ring (bicyclic) bond motifs is 1. The lowest BCUT2D eigenvalue weighted by Crippen LogP contribution is -2.47. The van der Waals surface area contributed by atoms with Crippen molar-refractivity contribution in [1.82, 2.24) is 9.80 Å². The number of hydrogen-bond donors (Lipinski definition) is 0. The molecule has 1 saturated heterocycles. The van der Waals surface area contributed by atoms with E-state index in [2.05, 4.69) is 33.4 Å². The van der Waals surface area contributed by atoms with Crippen molar-refractivity contribution in [3.05, 3.63) is 46.2 Å². The normalized spacial score (nSPS) is 17.7. The van der Waals surface area contributed by atoms with Gasteiger partial charge in [-0.3, -0.25) is 9.69 Å². The number of ether oxygens (including phenoxy) is 1. The number of thiophene rings is 1. The van der Waals surface area contributed by atoms with E-state index in [1.54, 1.807) is 7.11 Å². The van der Waals surface area contributed by atoms with E-state index in [-0.39, 0.29) is 0 Å². The molecule has 0 saturated carbocycles. The number of nitrogens with zero attached hydrogens (tertiary/aromatic N) is 3. The van der Waals surface area contributed by atoms with Gasteiger partial charge in [-0.25, -0.2) is 0 Å². The van der Waals surface area contributed by atoms with Crippen molar-refractivity contribution in [1.29, 1.82) is 0 Å². The highest BCUT2D eigenvalue weighted by Crippen LogP contribution is 2.24. The molecule has 0 spiro atoms. The lowest BCUT2D eigenvalue weighted by atomic mass is 10.1. The van der Waals surface area contributed by atoms with Gasteiger partial charge in [-0.2, -0.15) is 0 Å². The van der Waals surface area contributed by atoms with Crippen LogP contribution in [0.3, 0.4) is 0 Å². The number of amides is 1. The van der Waals surface area contributed by atoms with E-state index in [0.29, 0.717) is 12.3 Å². The van der Waals surface area contributed by atoms with Gasteiger partial charge in [0.1, 0.15) is 5.75 Å². The maximum atomic E-state index is 12.6. The Bertz CT molecular complexity index is 766. The number of carbonyl (C=O) groups excluding carboxylic acids is 1. The summed E-state index contributed by atoms with van der Waals surface area (Å²) in [5, 5.41) is 2.14. The van der Waals surface area contributed by atoms with Gasteiger partial charge in [0.15, 0.2) is 0 Å². The molecule has 1 amide bonds. The minimum atomic E-state index is 0.296. The summed E-state index contributed by atoms with van der Waals surface area (Å²) in [5.74, 6) is 1.19. The average molecular weight is 386 g/mol. The zero-order valence-electron chi connectivity index (χ0n) is 15.9. The molecule has 0 bridgehead atoms. The fraction of sp³-hybridized carbons (Fsp3) is 0.476. The number of hydrogen-bond acceptors (Lipinski definition) is 5. The van der Waals surface area contributed by atoms with Gasteiger partial charge in [-0.1, -0.05) is 0 Å². The van der Waals surface area contributed by atoms with E-state index < -0.39 is 0 Å². The molecule has 144 valence electrons. The number of benzene rings is 1. The highest BCUT2D eigenvalue weighted by Gasteiger charge is 2.23. The number of rotatable bonds is 5. The van der Waals surface area contributed by atoms with Crippen molar-refractivity contribution >= 4 is 22.9 Å². The smallest absolute Gasteiger partial charge is 0.224 e. The summed E-state index contributed by atoms with van der Waals surface area (Å²) < 4.78 is 5.23. The van der Waals surface area contributed by atoms with Crippen molar-refractivity contribution in [2.24, 2.45) is 0 Å². The van der Waals surface area contributed by atoms with Crippen LogP contribution in [0.5, 0.6) is 5.75 Å². The summed E-state index contributed by atoms with van der Waals surface area (Å²) >= 11 is 1.82. The third kappa shape index (κ3) is 4.28. The van der Waals surface area contributed by atoms with Gasteiger partial charge in [0.25, 0.3) is 0 Å². The van der Waals surface area contributed by atoms with E-state index in [9.17, 15) is 4.79 Å². The Labute approximate surface area is 165 Å². The van der Waals surface area contributed by atoms with Crippen molar-refractivity contribution in [2.45, 2.75) is 19.4 Å². The second-order valence-electron chi connectivity index (χ2n) is 7.21. The Hall–Kier alpha value is -2.05. The maximum Gasteiger partial charge on any atom is 0.224 e. The zero-order chi connectivity index (χ0) is 18.6. The predicted octanol–water partition coefficient (Wildman–Crippen LogP) is 2.85. The van der Waals surface area contributed by atoms with Crippen LogP contribution in [0.4, 0.5) is 5.69 Å². The first-order valence-electron chi connectivity index (χ1n) is 9.67. The van der Waals surface area contributed by atoms with Crippen molar-refractivity contribution in [2.75, 3.05) is 51.3 Å². The van der Waals surface area contributed by atoms with Crippen LogP contribution < -0.4 is 9.64 Å². The molecular formula is C21H27N3O2S. The first kappa shape index (κ1) is 18.3. The number of carbonyl (C=O) groups is 1. The highest BCUT2D eigenvalue weighted by atomic mass is 32.1. The molecule has 27 heavy (non-hydrogen) atoms. The standard InChI is InChI=1S/C21H27N3O2S/c1-26-19-4-2-18(3-5-19)23-13-11-22(12-14-23)9-7-21(25)24-10-6-20-17(16-24)8-15-27-20/h2-5,8,15H,6-7,9-14,16H2,1H3. The van der Waals surface area contributed by atoms with Gasteiger partial charge in [-0.15, -0.1) is 11.3 Å². The summed E-state index contributed by atoms with van der Waals surface area (Å²) in [4.78, 5) is 20.9. The van der Waals surface area contributed by atoms with Crippen LogP contribution in [0.15, 0.2) is 35.7 Å². The fourth-order valence-corrected chi connectivity index (χ4v) is 4.79. The van der Waals surface area contributed by atoms with E-state index in [1.807, 2.05) is 28.4 Å². The first-order valence-corrected chi connectivity index (χ1v) is 10.6. The molecule has 1 aromatic heterocycles. The summed E-state index contributed by atoms with van der Waals surface area (Å²) in [7, 11) is 1.69. The average Bonchev–Trinajstić information content (AvgIpc) is 3.20. The SMILES string of the molecule is COc1ccc(N2CCN(CCC(=O)N3CCc4sccc4C3)CC2)cc1. The van der Waals surface area contributed by atoms with Crippen LogP contribution in [-0.4, -0.2) is 62.1 Å². The summed E-state index contributed by atoms with van der Waals surface area (Å²) in [6.07, 6.45) is 1.64. The van der Waals surface area contributed by atoms with E-state index in [0.717, 1.165) is 58.0 Å². The molecule has 0 unspecified atom stereocenters. The van der Waals surface area contributed by atoms with Crippen LogP contribution in [0, 0.1) is 0 Å². The van der Waals surface area contributed by atoms with Crippen LogP contribution in [-0.2, 0) is 17.8 Å². The molecule has 2 aromatic rings. The fourth-order valence-electron chi connectivity index (χ4n) is 3.90. The lowest BCUT2D eigenvalue weighted by Gasteiger charge is -2.36. The van der Waals surface area contributed by atoms with Crippen LogP contribution >= 0.6 is 11.3 Å². The van der Waals surface area contributed by atoms with E-state index >= 15 is 0 Å². The Morgan fingerprint density at radius 3 is 2.59 bits per heavy atom. The summed E-state index contributed by atoms with van der Waals surface area (Å²) in [5.41, 5.74) is 2.58. The Balaban J connectivity index is 1.22. The number of piperazine rings is 1. The predicted molar refractivity (Wildman–Crippen MR) is 110 cm³/mol. The molecule has 3 heterocycles. The monoisotopic (exact) mass is 385 g/mol. The summed E-state index contributed by atoms with van der Waals surface area (Å²) in [6.45, 7) is 6.55. The molecule has 4 rings (SSSR count). The van der Waals surface area contributed by atoms with Gasteiger partial charge in [0.05, 0.1) is 7.11 Å². The van der Waals surface area contributed by atoms with Crippen molar-refractivity contribution in [3.63, 3.8) is 0 Å². The molecule has 0 radical (unpaired) electrons. The molecule has 1 aromatic carbocycles. The first-order chi connectivity index (χ1) is 13.2. The van der Waals surface area contributed by atoms with Crippen molar-refractivity contribution < 1.29 is 9.53 Å². The van der Waals surface area contributed by atoms with Crippen LogP contribution in [0.1, 0.15) is 16.9 Å². The molecule has 6 heteroatoms. The Morgan fingerprint density at radius 2 is 1.85 bits per heavy atom. The van der Waals surface area contributed by atoms with E-state index in [1.165, 1.54) is 16.1 Å². The van der Waals surface area contributed by atoms with Gasteiger partial charge in [0, 0.05) is 62.8 Å². The molecule has 0 aliphatic carbocycles. The third-order valence-electron chi connectivity index (χ3n) is 5.61. The molecule has 1 fully saturated rings. The van der Waals surface area contributed by atoms with Crippen LogP contribution in [0.25, 0.3) is 0 Å². The molecule has 5 nitrogen and oxygen atoms in total. The van der Waals surface area contributed by atoms with Gasteiger partial charge < -0.3 is 14.5 Å². The van der Waals surface area contributed by atoms with E-state index in [4.69, 9.17) is 4.74 Å². The Kier molecular flexibility index (Phi) is 5.64. The lowest BCUT2D eigenvalue weighted by molar-refractivity contribution is -0.132. The van der Waals surface area contributed by atoms with Gasteiger partial charge in [0.2, 0.25) is 5.91 Å². The molecule has 2 aliphatic rings.